The lowest BCUT2D eigenvalue weighted by atomic mass is 9.46. The molecular formula is C29H40N4O7. The van der Waals surface area contributed by atoms with E-state index in [2.05, 4.69) is 5.32 Å². The van der Waals surface area contributed by atoms with Gasteiger partial charge in [-0.15, -0.1) is 0 Å². The molecule has 0 aliphatic heterocycles. The summed E-state index contributed by atoms with van der Waals surface area (Å²) in [5.74, 6) is -9.40. The fourth-order valence-electron chi connectivity index (χ4n) is 7.21. The molecular weight excluding hydrogens is 516 g/mol. The van der Waals surface area contributed by atoms with Crippen LogP contribution in [-0.2, 0) is 32.1 Å². The van der Waals surface area contributed by atoms with E-state index in [1.165, 1.54) is 11.8 Å². The van der Waals surface area contributed by atoms with Gasteiger partial charge in [-0.05, 0) is 65.3 Å². The van der Waals surface area contributed by atoms with Gasteiger partial charge in [0.15, 0.2) is 34.7 Å². The third-order valence-electron chi connectivity index (χ3n) is 8.95. The van der Waals surface area contributed by atoms with Crippen LogP contribution in [0.4, 0.5) is 5.69 Å². The number of primary amides is 1. The van der Waals surface area contributed by atoms with Crippen molar-refractivity contribution < 1.29 is 34.2 Å². The van der Waals surface area contributed by atoms with Crippen LogP contribution >= 0.6 is 0 Å². The van der Waals surface area contributed by atoms with Gasteiger partial charge < -0.3 is 26.2 Å². The van der Waals surface area contributed by atoms with Crippen molar-refractivity contribution in [3.8, 4) is 5.75 Å². The summed E-state index contributed by atoms with van der Waals surface area (Å²) in [6.07, 6.45) is 0.191. The van der Waals surface area contributed by atoms with E-state index >= 15 is 0 Å². The molecule has 40 heavy (non-hydrogen) atoms. The third kappa shape index (κ3) is 4.09. The van der Waals surface area contributed by atoms with Crippen molar-refractivity contribution in [3.63, 3.8) is 0 Å². The SMILES string of the molecule is CN(C)c1cc(CNC(C)(C)C)c(O)c2c1C[C@H]1C[C@@]3(C)[C@H](N(C)C)C(=O)C(C(N)=O)C(=O)[C@@]3(O)C(=O)C1C2=O. The van der Waals surface area contributed by atoms with E-state index in [0.29, 0.717) is 16.8 Å². The first-order chi connectivity index (χ1) is 18.3. The van der Waals surface area contributed by atoms with Crippen molar-refractivity contribution in [2.75, 3.05) is 33.1 Å². The highest BCUT2D eigenvalue weighted by molar-refractivity contribution is 6.33. The summed E-state index contributed by atoms with van der Waals surface area (Å²) in [7, 11) is 6.77. The van der Waals surface area contributed by atoms with Crippen molar-refractivity contribution in [2.45, 2.75) is 64.3 Å². The molecule has 11 nitrogen and oxygen atoms in total. The minimum absolute atomic E-state index is 0.00587. The number of nitrogens with zero attached hydrogens (tertiary/aromatic N) is 2. The molecule has 1 amide bonds. The number of carbonyl (C=O) groups excluding carboxylic acids is 5. The Morgan fingerprint density at radius 1 is 1.12 bits per heavy atom. The smallest absolute Gasteiger partial charge is 0.235 e. The molecule has 0 saturated heterocycles. The molecule has 218 valence electrons. The predicted molar refractivity (Wildman–Crippen MR) is 147 cm³/mol. The number of Topliss-reactive ketones (excluding diaryl/α,β-unsaturated/α-hetero) is 4. The third-order valence-corrected chi connectivity index (χ3v) is 8.95. The Balaban J connectivity index is 1.91. The number of fused-ring (bicyclic) bond motifs is 3. The summed E-state index contributed by atoms with van der Waals surface area (Å²) >= 11 is 0. The topological polar surface area (TPSA) is 170 Å². The van der Waals surface area contributed by atoms with Crippen LogP contribution in [0.3, 0.4) is 0 Å². The van der Waals surface area contributed by atoms with Crippen molar-refractivity contribution in [3.05, 3.63) is 22.8 Å². The van der Waals surface area contributed by atoms with E-state index < -0.39 is 63.9 Å². The van der Waals surface area contributed by atoms with Gasteiger partial charge in [0.1, 0.15) is 5.75 Å². The van der Waals surface area contributed by atoms with E-state index in [1.54, 1.807) is 14.1 Å². The van der Waals surface area contributed by atoms with E-state index in [1.807, 2.05) is 45.8 Å². The largest absolute Gasteiger partial charge is 0.507 e. The van der Waals surface area contributed by atoms with Crippen LogP contribution in [0.2, 0.25) is 0 Å². The molecule has 0 spiro atoms. The Morgan fingerprint density at radius 2 is 1.73 bits per heavy atom. The number of phenolic OH excluding ortho intramolecular Hbond substituents is 1. The molecule has 0 radical (unpaired) electrons. The number of aliphatic hydroxyl groups is 1. The summed E-state index contributed by atoms with van der Waals surface area (Å²) in [6, 6.07) is 0.637. The Hall–Kier alpha value is -3.15. The number of ketones is 4. The lowest BCUT2D eigenvalue weighted by Gasteiger charge is -2.59. The molecule has 2 saturated carbocycles. The number of likely N-dealkylation sites (N-methyl/N-ethyl adjacent to an activating group) is 1. The zero-order valence-corrected chi connectivity index (χ0v) is 24.4. The molecule has 5 N–H and O–H groups in total. The van der Waals surface area contributed by atoms with Gasteiger partial charge in [-0.2, -0.15) is 0 Å². The molecule has 4 rings (SSSR count). The Labute approximate surface area is 234 Å². The van der Waals surface area contributed by atoms with Crippen molar-refractivity contribution >= 4 is 34.7 Å². The van der Waals surface area contributed by atoms with Crippen LogP contribution in [0.5, 0.6) is 5.75 Å². The zero-order valence-electron chi connectivity index (χ0n) is 24.4. The summed E-state index contributed by atoms with van der Waals surface area (Å²) in [5.41, 5.74) is 2.46. The molecule has 1 aromatic rings. The maximum atomic E-state index is 14.2. The minimum Gasteiger partial charge on any atom is -0.507 e. The van der Waals surface area contributed by atoms with E-state index in [4.69, 9.17) is 5.73 Å². The fourth-order valence-corrected chi connectivity index (χ4v) is 7.21. The number of nitrogens with one attached hydrogen (secondary N) is 1. The van der Waals surface area contributed by atoms with E-state index in [-0.39, 0.29) is 36.2 Å². The van der Waals surface area contributed by atoms with Gasteiger partial charge in [-0.1, -0.05) is 6.92 Å². The normalized spacial score (nSPS) is 32.0. The first-order valence-electron chi connectivity index (χ1n) is 13.4. The number of nitrogens with two attached hydrogens (primary N) is 1. The fraction of sp³-hybridized carbons (Fsp3) is 0.621. The molecule has 0 aromatic heterocycles. The number of benzene rings is 1. The van der Waals surface area contributed by atoms with Crippen LogP contribution in [-0.4, -0.2) is 89.5 Å². The van der Waals surface area contributed by atoms with Crippen molar-refractivity contribution in [2.24, 2.45) is 28.9 Å². The van der Waals surface area contributed by atoms with Crippen LogP contribution in [0, 0.1) is 23.2 Å². The maximum Gasteiger partial charge on any atom is 0.235 e. The van der Waals surface area contributed by atoms with Crippen molar-refractivity contribution in [1.82, 2.24) is 10.2 Å². The molecule has 3 aliphatic rings. The molecule has 6 atom stereocenters. The molecule has 0 heterocycles. The number of carbonyl (C=O) groups is 5. The predicted octanol–water partition coefficient (Wildman–Crippen LogP) is 0.211. The van der Waals surface area contributed by atoms with Gasteiger partial charge in [-0.3, -0.25) is 28.9 Å². The highest BCUT2D eigenvalue weighted by atomic mass is 16.3. The van der Waals surface area contributed by atoms with Crippen LogP contribution < -0.4 is 16.0 Å². The second-order valence-electron chi connectivity index (χ2n) is 13.2. The number of anilines is 1. The average molecular weight is 557 g/mol. The zero-order chi connectivity index (χ0) is 30.3. The lowest BCUT2D eigenvalue weighted by Crippen LogP contribution is -2.78. The van der Waals surface area contributed by atoms with Gasteiger partial charge in [0.2, 0.25) is 5.91 Å². The average Bonchev–Trinajstić information content (AvgIpc) is 2.79. The van der Waals surface area contributed by atoms with E-state index in [0.717, 1.165) is 0 Å². The highest BCUT2D eigenvalue weighted by Crippen LogP contribution is 2.57. The van der Waals surface area contributed by atoms with E-state index in [9.17, 15) is 34.2 Å². The summed E-state index contributed by atoms with van der Waals surface area (Å²) in [5, 5.41) is 26.6. The Kier molecular flexibility index (Phi) is 7.05. The summed E-state index contributed by atoms with van der Waals surface area (Å²) in [4.78, 5) is 70.9. The maximum absolute atomic E-state index is 14.2. The number of aromatic hydroxyl groups is 1. The lowest BCUT2D eigenvalue weighted by molar-refractivity contribution is -0.197. The van der Waals surface area contributed by atoms with Gasteiger partial charge >= 0.3 is 0 Å². The number of hydrogen-bond acceptors (Lipinski definition) is 10. The standard InChI is InChI=1S/C29H40N4O7/c1-27(2,3)31-12-14-10-16(32(5)6)15-9-13-11-28(4)23(33(7)8)22(36)19(26(30)39)25(38)29(28,40)24(37)17(13)21(35)18(15)20(14)34/h10,13,17,19,23,31,34,40H,9,11-12H2,1-8H3,(H2,30,39)/t13-,17?,19?,23+,28-,29-/m0/s1. The number of amides is 1. The number of rotatable bonds is 5. The number of phenols is 1. The van der Waals surface area contributed by atoms with Crippen molar-refractivity contribution in [1.29, 1.82) is 0 Å². The monoisotopic (exact) mass is 556 g/mol. The van der Waals surface area contributed by atoms with Crippen LogP contribution in [0.25, 0.3) is 0 Å². The summed E-state index contributed by atoms with van der Waals surface area (Å²) < 4.78 is 0. The van der Waals surface area contributed by atoms with Crippen LogP contribution in [0.1, 0.15) is 55.6 Å². The first kappa shape index (κ1) is 29.8. The summed E-state index contributed by atoms with van der Waals surface area (Å²) in [6.45, 7) is 7.65. The second kappa shape index (κ2) is 9.46. The second-order valence-corrected chi connectivity index (χ2v) is 13.2. The van der Waals surface area contributed by atoms with Gasteiger partial charge in [0, 0.05) is 42.8 Å². The number of hydrogen-bond donors (Lipinski definition) is 4. The van der Waals surface area contributed by atoms with Crippen LogP contribution in [0.15, 0.2) is 6.07 Å². The van der Waals surface area contributed by atoms with Gasteiger partial charge in [-0.25, -0.2) is 0 Å². The Morgan fingerprint density at radius 3 is 2.23 bits per heavy atom. The Bertz CT molecular complexity index is 1330. The minimum atomic E-state index is -2.80. The molecule has 3 aliphatic carbocycles. The van der Waals surface area contributed by atoms with Gasteiger partial charge in [0.05, 0.1) is 17.5 Å². The molecule has 2 unspecified atom stereocenters. The quantitative estimate of drug-likeness (QED) is 0.368. The molecule has 0 bridgehead atoms. The highest BCUT2D eigenvalue weighted by Gasteiger charge is 2.74. The molecule has 2 fully saturated rings. The molecule has 11 heteroatoms. The molecule has 1 aromatic carbocycles. The van der Waals surface area contributed by atoms with Gasteiger partial charge in [0.25, 0.3) is 0 Å². The first-order valence-corrected chi connectivity index (χ1v) is 13.4.